The van der Waals surface area contributed by atoms with Crippen LogP contribution in [0.25, 0.3) is 0 Å². The second-order valence-corrected chi connectivity index (χ2v) is 6.33. The summed E-state index contributed by atoms with van der Waals surface area (Å²) in [4.78, 5) is 25.4. The molecule has 1 rings (SSSR count). The zero-order valence-corrected chi connectivity index (χ0v) is 13.3. The van der Waals surface area contributed by atoms with Crippen molar-refractivity contribution in [3.8, 4) is 0 Å². The average Bonchev–Trinajstić information content (AvgIpc) is 2.81. The number of esters is 1. The van der Waals surface area contributed by atoms with E-state index in [9.17, 15) is 9.59 Å². The number of rotatable bonds is 5. The zero-order valence-electron chi connectivity index (χ0n) is 12.5. The standard InChI is InChI=1S/C13H23NO5S/c1-5-17-6-7-18-11(15)10-8-20-9-14(10)12(16)19-13(2,3)4/h10H,5-9H2,1-4H3/t10-/m0/s1. The fourth-order valence-corrected chi connectivity index (χ4v) is 2.71. The number of hydrogen-bond acceptors (Lipinski definition) is 6. The summed E-state index contributed by atoms with van der Waals surface area (Å²) in [5.41, 5.74) is -0.576. The van der Waals surface area contributed by atoms with Crippen LogP contribution in [-0.4, -0.2) is 60.1 Å². The Balaban J connectivity index is 2.47. The van der Waals surface area contributed by atoms with Gasteiger partial charge in [0.15, 0.2) is 0 Å². The molecular formula is C13H23NO5S. The van der Waals surface area contributed by atoms with E-state index in [0.29, 0.717) is 24.8 Å². The molecule has 0 aromatic carbocycles. The maximum absolute atomic E-state index is 12.0. The largest absolute Gasteiger partial charge is 0.462 e. The van der Waals surface area contributed by atoms with Crippen LogP contribution in [0.3, 0.4) is 0 Å². The van der Waals surface area contributed by atoms with E-state index in [1.54, 1.807) is 20.8 Å². The van der Waals surface area contributed by atoms with E-state index in [0.717, 1.165) is 0 Å². The van der Waals surface area contributed by atoms with E-state index in [-0.39, 0.29) is 6.61 Å². The van der Waals surface area contributed by atoms with Crippen molar-refractivity contribution in [1.29, 1.82) is 0 Å². The number of ether oxygens (including phenoxy) is 3. The van der Waals surface area contributed by atoms with Crippen molar-refractivity contribution in [1.82, 2.24) is 4.90 Å². The van der Waals surface area contributed by atoms with Gasteiger partial charge in [-0.25, -0.2) is 9.59 Å². The molecule has 0 radical (unpaired) electrons. The molecule has 1 fully saturated rings. The number of hydrogen-bond donors (Lipinski definition) is 0. The third kappa shape index (κ3) is 5.58. The van der Waals surface area contributed by atoms with Gasteiger partial charge in [-0.15, -0.1) is 11.8 Å². The van der Waals surface area contributed by atoms with E-state index in [4.69, 9.17) is 14.2 Å². The molecule has 1 heterocycles. The molecule has 1 aliphatic rings. The molecule has 0 spiro atoms. The quantitative estimate of drug-likeness (QED) is 0.571. The molecule has 1 saturated heterocycles. The lowest BCUT2D eigenvalue weighted by Crippen LogP contribution is -2.45. The monoisotopic (exact) mass is 305 g/mol. The molecule has 0 aliphatic carbocycles. The second-order valence-electron chi connectivity index (χ2n) is 5.33. The van der Waals surface area contributed by atoms with Gasteiger partial charge in [0, 0.05) is 12.4 Å². The van der Waals surface area contributed by atoms with Crippen LogP contribution >= 0.6 is 11.8 Å². The molecule has 1 atom stereocenters. The summed E-state index contributed by atoms with van der Waals surface area (Å²) in [6, 6.07) is -0.573. The highest BCUT2D eigenvalue weighted by molar-refractivity contribution is 7.99. The molecule has 1 amide bonds. The summed E-state index contributed by atoms with van der Waals surface area (Å²) in [6.45, 7) is 8.42. The zero-order chi connectivity index (χ0) is 15.2. The van der Waals surface area contributed by atoms with Crippen LogP contribution in [0.5, 0.6) is 0 Å². The molecular weight excluding hydrogens is 282 g/mol. The van der Waals surface area contributed by atoms with Crippen LogP contribution in [0.1, 0.15) is 27.7 Å². The van der Waals surface area contributed by atoms with E-state index < -0.39 is 23.7 Å². The third-order valence-electron chi connectivity index (χ3n) is 2.46. The third-order valence-corrected chi connectivity index (χ3v) is 3.47. The molecule has 20 heavy (non-hydrogen) atoms. The van der Waals surface area contributed by atoms with Crippen LogP contribution in [0.2, 0.25) is 0 Å². The minimum atomic E-state index is -0.576. The summed E-state index contributed by atoms with van der Waals surface area (Å²) < 4.78 is 15.5. The maximum Gasteiger partial charge on any atom is 0.411 e. The van der Waals surface area contributed by atoms with Gasteiger partial charge < -0.3 is 14.2 Å². The van der Waals surface area contributed by atoms with Crippen LogP contribution in [0, 0.1) is 0 Å². The predicted molar refractivity (Wildman–Crippen MR) is 76.6 cm³/mol. The van der Waals surface area contributed by atoms with Crippen LogP contribution in [0.4, 0.5) is 4.79 Å². The molecule has 0 unspecified atom stereocenters. The van der Waals surface area contributed by atoms with Gasteiger partial charge in [0.1, 0.15) is 18.2 Å². The Morgan fingerprint density at radius 3 is 2.60 bits per heavy atom. The van der Waals surface area contributed by atoms with Gasteiger partial charge in [0.05, 0.1) is 12.5 Å². The summed E-state index contributed by atoms with van der Waals surface area (Å²) in [5.74, 6) is 0.577. The lowest BCUT2D eigenvalue weighted by atomic mass is 10.2. The SMILES string of the molecule is CCOCCOC(=O)[C@@H]1CSCN1C(=O)OC(C)(C)C. The van der Waals surface area contributed by atoms with E-state index in [1.165, 1.54) is 16.7 Å². The molecule has 0 saturated carbocycles. The fourth-order valence-electron chi connectivity index (χ4n) is 1.58. The summed E-state index contributed by atoms with van der Waals surface area (Å²) in [5, 5.41) is 0. The Morgan fingerprint density at radius 1 is 1.30 bits per heavy atom. The fraction of sp³-hybridized carbons (Fsp3) is 0.846. The predicted octanol–water partition coefficient (Wildman–Crippen LogP) is 1.88. The first kappa shape index (κ1) is 17.1. The number of carbonyl (C=O) groups is 2. The van der Waals surface area contributed by atoms with Gasteiger partial charge in [0.2, 0.25) is 0 Å². The summed E-state index contributed by atoms with van der Waals surface area (Å²) in [7, 11) is 0. The molecule has 0 aromatic rings. The second kappa shape index (κ2) is 7.73. The van der Waals surface area contributed by atoms with Gasteiger partial charge >= 0.3 is 12.1 Å². The van der Waals surface area contributed by atoms with Crippen LogP contribution in [0.15, 0.2) is 0 Å². The van der Waals surface area contributed by atoms with Crippen LogP contribution < -0.4 is 0 Å². The molecule has 116 valence electrons. The number of thioether (sulfide) groups is 1. The lowest BCUT2D eigenvalue weighted by Gasteiger charge is -2.27. The van der Waals surface area contributed by atoms with Crippen molar-refractivity contribution < 1.29 is 23.8 Å². The molecule has 6 nitrogen and oxygen atoms in total. The molecule has 0 N–H and O–H groups in total. The van der Waals surface area contributed by atoms with Crippen molar-refractivity contribution in [2.45, 2.75) is 39.3 Å². The first-order valence-corrected chi connectivity index (χ1v) is 7.82. The summed E-state index contributed by atoms with van der Waals surface area (Å²) in [6.07, 6.45) is -0.478. The van der Waals surface area contributed by atoms with Crippen molar-refractivity contribution in [2.24, 2.45) is 0 Å². The van der Waals surface area contributed by atoms with Gasteiger partial charge in [-0.3, -0.25) is 4.90 Å². The number of amides is 1. The minimum Gasteiger partial charge on any atom is -0.462 e. The van der Waals surface area contributed by atoms with Gasteiger partial charge in [-0.2, -0.15) is 0 Å². The van der Waals surface area contributed by atoms with Gasteiger partial charge in [-0.1, -0.05) is 0 Å². The van der Waals surface area contributed by atoms with E-state index in [2.05, 4.69) is 0 Å². The minimum absolute atomic E-state index is 0.204. The smallest absolute Gasteiger partial charge is 0.411 e. The first-order chi connectivity index (χ1) is 9.35. The Bertz CT molecular complexity index is 342. The van der Waals surface area contributed by atoms with Crippen LogP contribution in [-0.2, 0) is 19.0 Å². The topological polar surface area (TPSA) is 65.1 Å². The summed E-state index contributed by atoms with van der Waals surface area (Å²) >= 11 is 1.51. The van der Waals surface area contributed by atoms with E-state index >= 15 is 0 Å². The molecule has 0 bridgehead atoms. The molecule has 7 heteroatoms. The van der Waals surface area contributed by atoms with Gasteiger partial charge in [0.25, 0.3) is 0 Å². The van der Waals surface area contributed by atoms with E-state index in [1.807, 2.05) is 6.92 Å². The Kier molecular flexibility index (Phi) is 6.61. The van der Waals surface area contributed by atoms with Crippen molar-refractivity contribution >= 4 is 23.8 Å². The first-order valence-electron chi connectivity index (χ1n) is 6.67. The molecule has 0 aromatic heterocycles. The Morgan fingerprint density at radius 2 is 2.00 bits per heavy atom. The average molecular weight is 305 g/mol. The Labute approximate surface area is 124 Å². The highest BCUT2D eigenvalue weighted by Gasteiger charge is 2.38. The highest BCUT2D eigenvalue weighted by Crippen LogP contribution is 2.24. The number of nitrogens with zero attached hydrogens (tertiary/aromatic N) is 1. The maximum atomic E-state index is 12.0. The van der Waals surface area contributed by atoms with Crippen molar-refractivity contribution in [2.75, 3.05) is 31.5 Å². The number of carbonyl (C=O) groups excluding carboxylic acids is 2. The van der Waals surface area contributed by atoms with Gasteiger partial charge in [-0.05, 0) is 27.7 Å². The highest BCUT2D eigenvalue weighted by atomic mass is 32.2. The van der Waals surface area contributed by atoms with Crippen molar-refractivity contribution in [3.63, 3.8) is 0 Å². The normalized spacial score (nSPS) is 19.0. The lowest BCUT2D eigenvalue weighted by molar-refractivity contribution is -0.149. The molecule has 1 aliphatic heterocycles. The Hall–Kier alpha value is -0.950. The van der Waals surface area contributed by atoms with Crippen molar-refractivity contribution in [3.05, 3.63) is 0 Å².